The molecule has 1 amide bonds. The van der Waals surface area contributed by atoms with Crippen molar-refractivity contribution < 1.29 is 14.7 Å². The Kier molecular flexibility index (Phi) is 5.57. The Hall–Kier alpha value is -3.86. The van der Waals surface area contributed by atoms with Crippen LogP contribution in [0.15, 0.2) is 78.4 Å². The second-order valence-electron chi connectivity index (χ2n) is 8.31. The molecule has 1 unspecified atom stereocenters. The van der Waals surface area contributed by atoms with Crippen LogP contribution in [0.3, 0.4) is 0 Å². The average molecular weight is 427 g/mol. The van der Waals surface area contributed by atoms with Crippen LogP contribution in [0.25, 0.3) is 5.76 Å². The summed E-state index contributed by atoms with van der Waals surface area (Å²) in [6, 6.07) is 21.7. The van der Waals surface area contributed by atoms with Crippen molar-refractivity contribution in [2.24, 2.45) is 0 Å². The van der Waals surface area contributed by atoms with Gasteiger partial charge in [0.1, 0.15) is 5.76 Å². The van der Waals surface area contributed by atoms with Crippen molar-refractivity contribution in [1.82, 2.24) is 0 Å². The number of hydrogen-bond donors (Lipinski definition) is 1. The van der Waals surface area contributed by atoms with E-state index in [1.165, 1.54) is 4.90 Å². The molecule has 5 nitrogen and oxygen atoms in total. The van der Waals surface area contributed by atoms with Crippen LogP contribution in [-0.2, 0) is 9.59 Å². The fourth-order valence-corrected chi connectivity index (χ4v) is 4.05. The highest BCUT2D eigenvalue weighted by atomic mass is 16.3. The highest BCUT2D eigenvalue weighted by Gasteiger charge is 2.47. The molecule has 1 N–H and O–H groups in total. The van der Waals surface area contributed by atoms with Crippen molar-refractivity contribution in [1.29, 1.82) is 0 Å². The maximum atomic E-state index is 13.2. The molecule has 0 aromatic heterocycles. The van der Waals surface area contributed by atoms with E-state index in [4.69, 9.17) is 0 Å². The van der Waals surface area contributed by atoms with Gasteiger partial charge in [-0.1, -0.05) is 60.2 Å². The van der Waals surface area contributed by atoms with Crippen molar-refractivity contribution in [3.63, 3.8) is 0 Å². The summed E-state index contributed by atoms with van der Waals surface area (Å²) in [5, 5.41) is 11.2. The number of aliphatic hydroxyl groups is 1. The summed E-state index contributed by atoms with van der Waals surface area (Å²) in [6.45, 7) is 3.86. The van der Waals surface area contributed by atoms with Crippen molar-refractivity contribution in [3.8, 4) is 0 Å². The highest BCUT2D eigenvalue weighted by Crippen LogP contribution is 2.43. The summed E-state index contributed by atoms with van der Waals surface area (Å²) in [4.78, 5) is 29.9. The first-order chi connectivity index (χ1) is 15.3. The number of aliphatic hydroxyl groups excluding tert-OH is 1. The minimum absolute atomic E-state index is 0.0970. The Labute approximate surface area is 188 Å². The number of para-hydroxylation sites is 1. The summed E-state index contributed by atoms with van der Waals surface area (Å²) >= 11 is 0. The monoisotopic (exact) mass is 426 g/mol. The van der Waals surface area contributed by atoms with Gasteiger partial charge < -0.3 is 10.0 Å². The van der Waals surface area contributed by atoms with Crippen LogP contribution in [0.1, 0.15) is 28.3 Å². The molecule has 1 saturated heterocycles. The number of hydrogen-bond acceptors (Lipinski definition) is 4. The SMILES string of the molecule is Cc1ccc(/C(O)=C2/C(=O)C(=O)N(c3ccccc3C)C2c2ccc(N(C)C)cc2)cc1. The van der Waals surface area contributed by atoms with Crippen LogP contribution in [0.2, 0.25) is 0 Å². The first kappa shape index (κ1) is 21.4. The van der Waals surface area contributed by atoms with Crippen molar-refractivity contribution >= 4 is 28.8 Å². The molecule has 3 aromatic carbocycles. The molecular weight excluding hydrogens is 400 g/mol. The molecule has 3 aromatic rings. The lowest BCUT2D eigenvalue weighted by Gasteiger charge is -2.27. The van der Waals surface area contributed by atoms with E-state index in [9.17, 15) is 14.7 Å². The molecular formula is C27H26N2O3. The number of ketones is 1. The zero-order valence-electron chi connectivity index (χ0n) is 18.7. The molecule has 5 heteroatoms. The van der Waals surface area contributed by atoms with Gasteiger partial charge in [-0.25, -0.2) is 0 Å². The molecule has 1 heterocycles. The third-order valence-corrected chi connectivity index (χ3v) is 5.87. The second kappa shape index (κ2) is 8.35. The van der Waals surface area contributed by atoms with Gasteiger partial charge in [-0.15, -0.1) is 0 Å². The van der Waals surface area contributed by atoms with Crippen LogP contribution < -0.4 is 9.80 Å². The van der Waals surface area contributed by atoms with Gasteiger partial charge in [0.15, 0.2) is 0 Å². The highest BCUT2D eigenvalue weighted by molar-refractivity contribution is 6.51. The molecule has 0 saturated carbocycles. The molecule has 0 radical (unpaired) electrons. The molecule has 0 bridgehead atoms. The number of rotatable bonds is 4. The normalized spacial score (nSPS) is 17.6. The van der Waals surface area contributed by atoms with Gasteiger partial charge >= 0.3 is 0 Å². The minimum atomic E-state index is -0.728. The second-order valence-corrected chi connectivity index (χ2v) is 8.31. The van der Waals surface area contributed by atoms with Gasteiger partial charge in [0.25, 0.3) is 11.7 Å². The van der Waals surface area contributed by atoms with Gasteiger partial charge in [-0.05, 0) is 43.2 Å². The lowest BCUT2D eigenvalue weighted by atomic mass is 9.94. The average Bonchev–Trinajstić information content (AvgIpc) is 3.05. The molecule has 0 spiro atoms. The van der Waals surface area contributed by atoms with E-state index in [-0.39, 0.29) is 11.3 Å². The number of carbonyl (C=O) groups excluding carboxylic acids is 2. The molecule has 1 aliphatic heterocycles. The summed E-state index contributed by atoms with van der Waals surface area (Å²) in [7, 11) is 3.90. The first-order valence-electron chi connectivity index (χ1n) is 10.5. The standard InChI is InChI=1S/C27H26N2O3/c1-17-9-11-20(12-10-17)25(30)23-24(19-13-15-21(16-14-19)28(3)4)29(27(32)26(23)31)22-8-6-5-7-18(22)2/h5-16,24,30H,1-4H3/b25-23-. The predicted octanol–water partition coefficient (Wildman–Crippen LogP) is 5.00. The van der Waals surface area contributed by atoms with Crippen LogP contribution >= 0.6 is 0 Å². The molecule has 1 aliphatic rings. The number of anilines is 2. The van der Waals surface area contributed by atoms with Crippen molar-refractivity contribution in [2.75, 3.05) is 23.9 Å². The fraction of sp³-hybridized carbons (Fsp3) is 0.185. The summed E-state index contributed by atoms with van der Waals surface area (Å²) in [6.07, 6.45) is 0. The first-order valence-corrected chi connectivity index (χ1v) is 10.5. The van der Waals surface area contributed by atoms with Crippen LogP contribution in [0.4, 0.5) is 11.4 Å². The van der Waals surface area contributed by atoms with E-state index in [1.54, 1.807) is 12.1 Å². The topological polar surface area (TPSA) is 60.9 Å². The lowest BCUT2D eigenvalue weighted by molar-refractivity contribution is -0.132. The van der Waals surface area contributed by atoms with E-state index in [0.29, 0.717) is 11.3 Å². The Bertz CT molecular complexity index is 1210. The van der Waals surface area contributed by atoms with E-state index in [0.717, 1.165) is 22.4 Å². The maximum Gasteiger partial charge on any atom is 0.300 e. The lowest BCUT2D eigenvalue weighted by Crippen LogP contribution is -2.30. The Morgan fingerprint density at radius 3 is 2.09 bits per heavy atom. The van der Waals surface area contributed by atoms with Gasteiger partial charge in [-0.2, -0.15) is 0 Å². The summed E-state index contributed by atoms with van der Waals surface area (Å²) in [5.74, 6) is -1.50. The Balaban J connectivity index is 1.94. The Morgan fingerprint density at radius 1 is 0.875 bits per heavy atom. The quantitative estimate of drug-likeness (QED) is 0.363. The number of carbonyl (C=O) groups is 2. The van der Waals surface area contributed by atoms with E-state index >= 15 is 0 Å². The Morgan fingerprint density at radius 2 is 1.50 bits per heavy atom. The molecule has 0 aliphatic carbocycles. The van der Waals surface area contributed by atoms with Crippen LogP contribution in [0, 0.1) is 13.8 Å². The number of nitrogens with zero attached hydrogens (tertiary/aromatic N) is 2. The van der Waals surface area contributed by atoms with Gasteiger partial charge in [0.2, 0.25) is 0 Å². The third kappa shape index (κ3) is 3.66. The smallest absolute Gasteiger partial charge is 0.300 e. The third-order valence-electron chi connectivity index (χ3n) is 5.87. The molecule has 1 fully saturated rings. The summed E-state index contributed by atoms with van der Waals surface area (Å²) < 4.78 is 0. The minimum Gasteiger partial charge on any atom is -0.507 e. The fourth-order valence-electron chi connectivity index (χ4n) is 4.05. The van der Waals surface area contributed by atoms with E-state index < -0.39 is 17.7 Å². The largest absolute Gasteiger partial charge is 0.507 e. The molecule has 4 rings (SSSR count). The van der Waals surface area contributed by atoms with Gasteiger partial charge in [-0.3, -0.25) is 14.5 Å². The summed E-state index contributed by atoms with van der Waals surface area (Å²) in [5.41, 5.74) is 4.93. The van der Waals surface area contributed by atoms with Crippen LogP contribution in [0.5, 0.6) is 0 Å². The predicted molar refractivity (Wildman–Crippen MR) is 128 cm³/mol. The zero-order chi connectivity index (χ0) is 23.0. The maximum absolute atomic E-state index is 13.2. The van der Waals surface area contributed by atoms with Crippen LogP contribution in [-0.4, -0.2) is 30.9 Å². The molecule has 162 valence electrons. The molecule has 1 atom stereocenters. The van der Waals surface area contributed by atoms with Gasteiger partial charge in [0, 0.05) is 31.0 Å². The number of Topliss-reactive ketones (excluding diaryl/α,β-unsaturated/α-hetero) is 1. The number of amides is 1. The van der Waals surface area contributed by atoms with Crippen molar-refractivity contribution in [2.45, 2.75) is 19.9 Å². The van der Waals surface area contributed by atoms with Gasteiger partial charge in [0.05, 0.1) is 11.6 Å². The molecule has 32 heavy (non-hydrogen) atoms. The van der Waals surface area contributed by atoms with Crippen molar-refractivity contribution in [3.05, 3.63) is 101 Å². The van der Waals surface area contributed by atoms with E-state index in [2.05, 4.69) is 0 Å². The number of aryl methyl sites for hydroxylation is 2. The zero-order valence-corrected chi connectivity index (χ0v) is 18.7. The van der Waals surface area contributed by atoms with E-state index in [1.807, 2.05) is 93.5 Å². The number of benzene rings is 3.